The standard InChI is InChI=1S/C22H28FNO3/c1-2-14-6-9-16-19(10-7-14)24-21(15-8-11-20(26)18(23)13-15)17(22(16)27)5-3-4-12-25/h7-11,13,17,21-22,24-27H,2-6,12H2,1H3. The molecule has 0 aromatic heterocycles. The van der Waals surface area contributed by atoms with E-state index in [1.165, 1.54) is 17.7 Å². The van der Waals surface area contributed by atoms with Crippen molar-refractivity contribution in [2.24, 2.45) is 5.92 Å². The Labute approximate surface area is 159 Å². The third-order valence-corrected chi connectivity index (χ3v) is 5.57. The quantitative estimate of drug-likeness (QED) is 0.571. The lowest BCUT2D eigenvalue weighted by atomic mass is 9.77. The molecule has 3 rings (SSSR count). The van der Waals surface area contributed by atoms with E-state index >= 15 is 0 Å². The summed E-state index contributed by atoms with van der Waals surface area (Å²) < 4.78 is 14.0. The molecule has 0 saturated carbocycles. The average Bonchev–Trinajstić information content (AvgIpc) is 2.88. The lowest BCUT2D eigenvalue weighted by Gasteiger charge is -2.40. The fourth-order valence-corrected chi connectivity index (χ4v) is 3.94. The number of benzene rings is 1. The number of hydrogen-bond acceptors (Lipinski definition) is 4. The zero-order chi connectivity index (χ0) is 19.4. The molecule has 0 radical (unpaired) electrons. The smallest absolute Gasteiger partial charge is 0.165 e. The number of phenols is 1. The van der Waals surface area contributed by atoms with Gasteiger partial charge in [0.25, 0.3) is 0 Å². The molecule has 0 spiro atoms. The number of piperidine rings is 1. The lowest BCUT2D eigenvalue weighted by molar-refractivity contribution is 0.0936. The molecule has 3 atom stereocenters. The molecule has 27 heavy (non-hydrogen) atoms. The number of allylic oxidation sites excluding steroid dienone is 4. The maximum absolute atomic E-state index is 14.0. The third-order valence-electron chi connectivity index (χ3n) is 5.57. The molecule has 1 aliphatic carbocycles. The molecule has 2 aliphatic rings. The van der Waals surface area contributed by atoms with Crippen LogP contribution in [0.3, 0.4) is 0 Å². The molecule has 1 heterocycles. The summed E-state index contributed by atoms with van der Waals surface area (Å²) in [5.74, 6) is -1.19. The first kappa shape index (κ1) is 19.6. The van der Waals surface area contributed by atoms with Gasteiger partial charge in [0.05, 0.1) is 12.1 Å². The number of aliphatic hydroxyl groups excluding tert-OH is 2. The molecule has 4 N–H and O–H groups in total. The molecule has 1 aromatic carbocycles. The van der Waals surface area contributed by atoms with Crippen molar-refractivity contribution in [2.45, 2.75) is 51.2 Å². The normalized spacial score (nSPS) is 24.9. The fraction of sp³-hybridized carbons (Fsp3) is 0.455. The van der Waals surface area contributed by atoms with E-state index in [-0.39, 0.29) is 24.3 Å². The molecule has 1 saturated heterocycles. The zero-order valence-corrected chi connectivity index (χ0v) is 15.7. The third kappa shape index (κ3) is 4.25. The van der Waals surface area contributed by atoms with E-state index in [0.29, 0.717) is 18.4 Å². The summed E-state index contributed by atoms with van der Waals surface area (Å²) in [6, 6.07) is 4.11. The van der Waals surface area contributed by atoms with E-state index in [1.807, 2.05) is 6.08 Å². The SMILES string of the molecule is CCC1=CC=C2NC(c3ccc(O)c(F)c3)C(CCCCO)C(O)C2=CC1. The number of unbranched alkanes of at least 4 members (excludes halogenated alkanes) is 1. The minimum absolute atomic E-state index is 0.117. The van der Waals surface area contributed by atoms with E-state index in [0.717, 1.165) is 30.5 Å². The van der Waals surface area contributed by atoms with Gasteiger partial charge in [-0.25, -0.2) is 4.39 Å². The summed E-state index contributed by atoms with van der Waals surface area (Å²) in [7, 11) is 0. The zero-order valence-electron chi connectivity index (χ0n) is 15.7. The molecule has 1 aromatic rings. The lowest BCUT2D eigenvalue weighted by Crippen LogP contribution is -2.43. The van der Waals surface area contributed by atoms with Crippen LogP contribution in [0, 0.1) is 11.7 Å². The van der Waals surface area contributed by atoms with E-state index in [2.05, 4.69) is 24.4 Å². The molecule has 4 nitrogen and oxygen atoms in total. The van der Waals surface area contributed by atoms with Crippen LogP contribution in [0.2, 0.25) is 0 Å². The van der Waals surface area contributed by atoms with Gasteiger partial charge in [-0.05, 0) is 49.5 Å². The molecular weight excluding hydrogens is 345 g/mol. The number of rotatable bonds is 6. The number of halogens is 1. The number of nitrogens with one attached hydrogen (secondary N) is 1. The van der Waals surface area contributed by atoms with E-state index in [4.69, 9.17) is 5.11 Å². The minimum atomic E-state index is -0.665. The first-order valence-corrected chi connectivity index (χ1v) is 9.69. The minimum Gasteiger partial charge on any atom is -0.505 e. The van der Waals surface area contributed by atoms with E-state index in [1.54, 1.807) is 6.07 Å². The number of fused-ring (bicyclic) bond motifs is 1. The van der Waals surface area contributed by atoms with Crippen molar-refractivity contribution in [3.8, 4) is 5.75 Å². The van der Waals surface area contributed by atoms with Crippen LogP contribution >= 0.6 is 0 Å². The molecule has 1 aliphatic heterocycles. The predicted molar refractivity (Wildman–Crippen MR) is 104 cm³/mol. The van der Waals surface area contributed by atoms with Crippen molar-refractivity contribution < 1.29 is 19.7 Å². The highest BCUT2D eigenvalue weighted by molar-refractivity contribution is 5.44. The van der Waals surface area contributed by atoms with Gasteiger partial charge < -0.3 is 20.6 Å². The van der Waals surface area contributed by atoms with Crippen molar-refractivity contribution in [3.05, 3.63) is 64.7 Å². The van der Waals surface area contributed by atoms with Gasteiger partial charge in [0, 0.05) is 23.8 Å². The summed E-state index contributed by atoms with van der Waals surface area (Å²) in [5.41, 5.74) is 3.74. The van der Waals surface area contributed by atoms with Crippen LogP contribution in [-0.4, -0.2) is 28.0 Å². The Kier molecular flexibility index (Phi) is 6.34. The van der Waals surface area contributed by atoms with Crippen LogP contribution in [-0.2, 0) is 0 Å². The molecule has 3 unspecified atom stereocenters. The molecule has 1 fully saturated rings. The van der Waals surface area contributed by atoms with Gasteiger partial charge in [-0.1, -0.05) is 37.1 Å². The molecule has 0 bridgehead atoms. The number of hydrogen-bond donors (Lipinski definition) is 4. The number of aromatic hydroxyl groups is 1. The van der Waals surface area contributed by atoms with E-state index < -0.39 is 11.9 Å². The summed E-state index contributed by atoms with van der Waals surface area (Å²) in [6.07, 6.45) is 9.42. The summed E-state index contributed by atoms with van der Waals surface area (Å²) >= 11 is 0. The fourth-order valence-electron chi connectivity index (χ4n) is 3.94. The topological polar surface area (TPSA) is 72.7 Å². The van der Waals surface area contributed by atoms with Crippen molar-refractivity contribution in [2.75, 3.05) is 6.61 Å². The second-order valence-corrected chi connectivity index (χ2v) is 7.28. The Bertz CT molecular complexity index is 769. The highest BCUT2D eigenvalue weighted by atomic mass is 19.1. The van der Waals surface area contributed by atoms with Gasteiger partial charge in [-0.15, -0.1) is 0 Å². The summed E-state index contributed by atoms with van der Waals surface area (Å²) in [5, 5.41) is 33.2. The Hall–Kier alpha value is -2.11. The summed E-state index contributed by atoms with van der Waals surface area (Å²) in [6.45, 7) is 2.23. The largest absolute Gasteiger partial charge is 0.505 e. The molecule has 146 valence electrons. The van der Waals surface area contributed by atoms with Crippen LogP contribution in [0.15, 0.2) is 53.3 Å². The van der Waals surface area contributed by atoms with Crippen molar-refractivity contribution in [1.29, 1.82) is 0 Å². The Morgan fingerprint density at radius 1 is 1.22 bits per heavy atom. The Balaban J connectivity index is 1.96. The average molecular weight is 373 g/mol. The van der Waals surface area contributed by atoms with Gasteiger partial charge in [0.15, 0.2) is 11.6 Å². The second kappa shape index (κ2) is 8.72. The maximum Gasteiger partial charge on any atom is 0.165 e. The number of phenolic OH excluding ortho intramolecular Hbond substituents is 1. The van der Waals surface area contributed by atoms with Crippen LogP contribution in [0.4, 0.5) is 4.39 Å². The van der Waals surface area contributed by atoms with Gasteiger partial charge >= 0.3 is 0 Å². The van der Waals surface area contributed by atoms with Crippen LogP contribution in [0.5, 0.6) is 5.75 Å². The number of aliphatic hydroxyl groups is 2. The molecule has 0 amide bonds. The van der Waals surface area contributed by atoms with Gasteiger partial charge in [-0.2, -0.15) is 0 Å². The van der Waals surface area contributed by atoms with E-state index in [9.17, 15) is 14.6 Å². The van der Waals surface area contributed by atoms with Gasteiger partial charge in [-0.3, -0.25) is 0 Å². The molecule has 5 heteroatoms. The Morgan fingerprint density at radius 2 is 2.04 bits per heavy atom. The van der Waals surface area contributed by atoms with Gasteiger partial charge in [0.2, 0.25) is 0 Å². The second-order valence-electron chi connectivity index (χ2n) is 7.28. The van der Waals surface area contributed by atoms with Crippen LogP contribution in [0.25, 0.3) is 0 Å². The Morgan fingerprint density at radius 3 is 2.74 bits per heavy atom. The van der Waals surface area contributed by atoms with Gasteiger partial charge in [0.1, 0.15) is 0 Å². The van der Waals surface area contributed by atoms with Crippen molar-refractivity contribution in [1.82, 2.24) is 5.32 Å². The van der Waals surface area contributed by atoms with Crippen molar-refractivity contribution >= 4 is 0 Å². The predicted octanol–water partition coefficient (Wildman–Crippen LogP) is 3.87. The first-order valence-electron chi connectivity index (χ1n) is 9.69. The van der Waals surface area contributed by atoms with Crippen LogP contribution < -0.4 is 5.32 Å². The van der Waals surface area contributed by atoms with Crippen molar-refractivity contribution in [3.63, 3.8) is 0 Å². The monoisotopic (exact) mass is 373 g/mol. The first-order chi connectivity index (χ1) is 13.0. The molecular formula is C22H28FNO3. The summed E-state index contributed by atoms with van der Waals surface area (Å²) in [4.78, 5) is 0. The highest BCUT2D eigenvalue weighted by Crippen LogP contribution is 2.40. The maximum atomic E-state index is 14.0. The highest BCUT2D eigenvalue weighted by Gasteiger charge is 2.38. The van der Waals surface area contributed by atoms with Crippen LogP contribution in [0.1, 0.15) is 50.6 Å².